The van der Waals surface area contributed by atoms with Crippen molar-refractivity contribution >= 4 is 23.2 Å². The van der Waals surface area contributed by atoms with E-state index < -0.39 is 0 Å². The van der Waals surface area contributed by atoms with Crippen molar-refractivity contribution in [3.63, 3.8) is 0 Å². The molecule has 0 fully saturated rings. The highest BCUT2D eigenvalue weighted by Gasteiger charge is 2.20. The second-order valence-corrected chi connectivity index (χ2v) is 5.37. The molecule has 2 atom stereocenters. The normalized spacial score (nSPS) is 13.5. The molecule has 1 amide bonds. The van der Waals surface area contributed by atoms with Gasteiger partial charge in [-0.05, 0) is 26.0 Å². The summed E-state index contributed by atoms with van der Waals surface area (Å²) in [7, 11) is 0. The fourth-order valence-corrected chi connectivity index (χ4v) is 2.28. The highest BCUT2D eigenvalue weighted by molar-refractivity contribution is 6.32. The quantitative estimate of drug-likeness (QED) is 0.833. The third-order valence-corrected chi connectivity index (χ3v) is 3.63. The number of halogens is 1. The van der Waals surface area contributed by atoms with E-state index in [0.29, 0.717) is 10.8 Å². The molecule has 0 unspecified atom stereocenters. The molecule has 1 aromatic carbocycles. The van der Waals surface area contributed by atoms with Gasteiger partial charge in [-0.15, -0.1) is 0 Å². The maximum Gasteiger partial charge on any atom is 0.282 e. The Kier molecular flexibility index (Phi) is 5.31. The van der Waals surface area contributed by atoms with Crippen LogP contribution >= 0.6 is 11.6 Å². The number of quaternary nitrogens is 1. The van der Waals surface area contributed by atoms with Crippen LogP contribution in [-0.4, -0.2) is 16.9 Å². The molecule has 0 aliphatic rings. The number of amides is 1. The van der Waals surface area contributed by atoms with Crippen LogP contribution < -0.4 is 10.6 Å². The Morgan fingerprint density at radius 2 is 1.90 bits per heavy atom. The molecule has 0 bridgehead atoms. The number of nitrogens with two attached hydrogens (primary N) is 1. The molecule has 1 aromatic heterocycles. The number of pyridine rings is 1. The molecule has 5 heteroatoms. The summed E-state index contributed by atoms with van der Waals surface area (Å²) >= 11 is 5.94. The number of hydrogen-bond donors (Lipinski definition) is 2. The summed E-state index contributed by atoms with van der Waals surface area (Å²) < 4.78 is 0. The first kappa shape index (κ1) is 15.5. The van der Waals surface area contributed by atoms with Gasteiger partial charge >= 0.3 is 0 Å². The van der Waals surface area contributed by atoms with Crippen LogP contribution in [0.1, 0.15) is 25.5 Å². The predicted molar refractivity (Wildman–Crippen MR) is 84.1 cm³/mol. The molecule has 2 aromatic rings. The molecule has 3 N–H and O–H groups in total. The summed E-state index contributed by atoms with van der Waals surface area (Å²) in [5.41, 5.74) is 1.73. The number of carbonyl (C=O) groups excluding carboxylic acids is 1. The number of rotatable bonds is 5. The van der Waals surface area contributed by atoms with Gasteiger partial charge in [0.05, 0.1) is 5.69 Å². The molecule has 0 aliphatic heterocycles. The number of benzene rings is 1. The van der Waals surface area contributed by atoms with Crippen molar-refractivity contribution in [1.29, 1.82) is 0 Å². The van der Waals surface area contributed by atoms with Gasteiger partial charge in [0, 0.05) is 11.8 Å². The lowest BCUT2D eigenvalue weighted by Gasteiger charge is -2.17. The molecule has 0 spiro atoms. The van der Waals surface area contributed by atoms with Gasteiger partial charge in [0.15, 0.2) is 11.2 Å². The lowest BCUT2D eigenvalue weighted by Crippen LogP contribution is -2.91. The molecular weight excluding hydrogens is 286 g/mol. The lowest BCUT2D eigenvalue weighted by molar-refractivity contribution is -0.709. The minimum absolute atomic E-state index is 0.0901. The van der Waals surface area contributed by atoms with E-state index in [4.69, 9.17) is 11.6 Å². The number of nitrogens with one attached hydrogen (secondary N) is 1. The van der Waals surface area contributed by atoms with Crippen molar-refractivity contribution in [3.8, 4) is 0 Å². The van der Waals surface area contributed by atoms with Crippen LogP contribution in [-0.2, 0) is 4.79 Å². The number of anilines is 1. The number of aromatic nitrogens is 1. The largest absolute Gasteiger partial charge is 0.330 e. The second-order valence-electron chi connectivity index (χ2n) is 5.01. The van der Waals surface area contributed by atoms with E-state index in [1.165, 1.54) is 5.56 Å². The van der Waals surface area contributed by atoms with Crippen LogP contribution in [0, 0.1) is 0 Å². The molecule has 2 rings (SSSR count). The maximum atomic E-state index is 12.2. The third kappa shape index (κ3) is 4.28. The number of nitrogens with zero attached hydrogens (tertiary/aromatic N) is 1. The smallest absolute Gasteiger partial charge is 0.282 e. The lowest BCUT2D eigenvalue weighted by atomic mass is 10.1. The van der Waals surface area contributed by atoms with Gasteiger partial charge in [0.25, 0.3) is 5.91 Å². The minimum Gasteiger partial charge on any atom is -0.330 e. The average Bonchev–Trinajstić information content (AvgIpc) is 2.50. The molecule has 4 nitrogen and oxygen atoms in total. The first-order chi connectivity index (χ1) is 10.1. The Hall–Kier alpha value is -1.91. The van der Waals surface area contributed by atoms with Crippen LogP contribution in [0.3, 0.4) is 0 Å². The third-order valence-electron chi connectivity index (χ3n) is 3.33. The molecule has 110 valence electrons. The summed E-state index contributed by atoms with van der Waals surface area (Å²) in [4.78, 5) is 16.1. The first-order valence-electron chi connectivity index (χ1n) is 6.89. The Morgan fingerprint density at radius 1 is 1.19 bits per heavy atom. The maximum absolute atomic E-state index is 12.2. The summed E-state index contributed by atoms with van der Waals surface area (Å²) in [5.74, 6) is -0.0901. The summed E-state index contributed by atoms with van der Waals surface area (Å²) in [6.07, 6.45) is 1.59. The van der Waals surface area contributed by atoms with Crippen molar-refractivity contribution in [2.24, 2.45) is 0 Å². The Morgan fingerprint density at radius 3 is 2.57 bits per heavy atom. The van der Waals surface area contributed by atoms with Crippen molar-refractivity contribution in [1.82, 2.24) is 4.98 Å². The van der Waals surface area contributed by atoms with Gasteiger partial charge < -0.3 is 10.6 Å². The zero-order valence-electron chi connectivity index (χ0n) is 12.1. The standard InChI is InChI=1S/C16H18ClN3O/c1-11(13-7-4-3-5-8-13)19-12(2)16(21)20-14-9-6-10-18-15(14)17/h3-12,19H,1-2H3,(H,20,21)/p+1/t11-,12-/m1/s1. The fraction of sp³-hybridized carbons (Fsp3) is 0.250. The van der Waals surface area contributed by atoms with Gasteiger partial charge in [-0.25, -0.2) is 4.98 Å². The SMILES string of the molecule is C[C@@H]([NH2+][C@H](C)c1ccccc1)C(=O)Nc1cccnc1Cl. The predicted octanol–water partition coefficient (Wildman–Crippen LogP) is 2.39. The van der Waals surface area contributed by atoms with E-state index >= 15 is 0 Å². The van der Waals surface area contributed by atoms with E-state index in [1.54, 1.807) is 18.3 Å². The molecule has 1 heterocycles. The van der Waals surface area contributed by atoms with Gasteiger partial charge in [0.2, 0.25) is 0 Å². The van der Waals surface area contributed by atoms with E-state index in [2.05, 4.69) is 29.4 Å². The van der Waals surface area contributed by atoms with Crippen LogP contribution in [0.5, 0.6) is 0 Å². The zero-order valence-corrected chi connectivity index (χ0v) is 12.8. The van der Waals surface area contributed by atoms with Crippen LogP contribution in [0.15, 0.2) is 48.7 Å². The average molecular weight is 305 g/mol. The van der Waals surface area contributed by atoms with Crippen molar-refractivity contribution < 1.29 is 10.1 Å². The van der Waals surface area contributed by atoms with Crippen LogP contribution in [0.25, 0.3) is 0 Å². The van der Waals surface area contributed by atoms with E-state index in [0.717, 1.165) is 0 Å². The van der Waals surface area contributed by atoms with E-state index in [1.807, 2.05) is 30.4 Å². The van der Waals surface area contributed by atoms with Gasteiger partial charge in [-0.1, -0.05) is 41.9 Å². The minimum atomic E-state index is -0.225. The van der Waals surface area contributed by atoms with Gasteiger partial charge in [0.1, 0.15) is 6.04 Å². The van der Waals surface area contributed by atoms with E-state index in [-0.39, 0.29) is 18.0 Å². The summed E-state index contributed by atoms with van der Waals surface area (Å²) in [5, 5.41) is 5.13. The Labute approximate surface area is 129 Å². The summed E-state index contributed by atoms with van der Waals surface area (Å²) in [6, 6.07) is 13.6. The fourth-order valence-electron chi connectivity index (χ4n) is 2.11. The number of carbonyl (C=O) groups is 1. The second kappa shape index (κ2) is 7.20. The molecule has 0 saturated carbocycles. The molecule has 21 heavy (non-hydrogen) atoms. The topological polar surface area (TPSA) is 58.6 Å². The first-order valence-corrected chi connectivity index (χ1v) is 7.27. The monoisotopic (exact) mass is 304 g/mol. The van der Waals surface area contributed by atoms with Gasteiger partial charge in [-0.2, -0.15) is 0 Å². The summed E-state index contributed by atoms with van der Waals surface area (Å²) in [6.45, 7) is 3.95. The van der Waals surface area contributed by atoms with Gasteiger partial charge in [-0.3, -0.25) is 4.79 Å². The van der Waals surface area contributed by atoms with Crippen LogP contribution in [0.4, 0.5) is 5.69 Å². The van der Waals surface area contributed by atoms with E-state index in [9.17, 15) is 4.79 Å². The Balaban J connectivity index is 1.95. The highest BCUT2D eigenvalue weighted by Crippen LogP contribution is 2.17. The zero-order chi connectivity index (χ0) is 15.2. The van der Waals surface area contributed by atoms with Crippen LogP contribution in [0.2, 0.25) is 5.15 Å². The molecule has 0 aliphatic carbocycles. The number of hydrogen-bond acceptors (Lipinski definition) is 2. The highest BCUT2D eigenvalue weighted by atomic mass is 35.5. The van der Waals surface area contributed by atoms with Crippen molar-refractivity contribution in [2.45, 2.75) is 25.9 Å². The molecule has 0 saturated heterocycles. The molecular formula is C16H19ClN3O+. The Bertz CT molecular complexity index is 603. The molecule has 0 radical (unpaired) electrons. The van der Waals surface area contributed by atoms with Crippen molar-refractivity contribution in [3.05, 3.63) is 59.4 Å². The van der Waals surface area contributed by atoms with Crippen molar-refractivity contribution in [2.75, 3.05) is 5.32 Å².